The number of aromatic hydroxyl groups is 1. The number of thiophene rings is 1. The van der Waals surface area contributed by atoms with Crippen LogP contribution in [0.5, 0.6) is 11.5 Å². The fourth-order valence-electron chi connectivity index (χ4n) is 4.13. The highest BCUT2D eigenvalue weighted by Crippen LogP contribution is 2.46. The first kappa shape index (κ1) is 18.2. The molecule has 144 valence electrons. The summed E-state index contributed by atoms with van der Waals surface area (Å²) in [6, 6.07) is 5.31. The minimum absolute atomic E-state index is 0.0513. The average molecular weight is 387 g/mol. The summed E-state index contributed by atoms with van der Waals surface area (Å²) in [7, 11) is 1.52. The van der Waals surface area contributed by atoms with Gasteiger partial charge in [-0.25, -0.2) is 0 Å². The molecule has 2 aliphatic rings. The summed E-state index contributed by atoms with van der Waals surface area (Å²) in [6.07, 6.45) is 2.62. The number of phenolic OH excluding ortho intramolecular Hbond substituents is 1. The minimum Gasteiger partial charge on any atom is -0.504 e. The number of carbonyl (C=O) groups is 1. The second-order valence-corrected chi connectivity index (χ2v) is 9.57. The van der Waals surface area contributed by atoms with Crippen LogP contribution in [-0.4, -0.2) is 18.1 Å². The van der Waals surface area contributed by atoms with E-state index in [1.165, 1.54) is 17.6 Å². The number of methoxy groups -OCH3 is 1. The molecule has 2 atom stereocenters. The molecule has 0 unspecified atom stereocenters. The van der Waals surface area contributed by atoms with Crippen LogP contribution in [0.2, 0.25) is 0 Å². The Balaban J connectivity index is 1.67. The Kier molecular flexibility index (Phi) is 4.34. The fourth-order valence-corrected chi connectivity index (χ4v) is 5.48. The third kappa shape index (κ3) is 3.06. The van der Waals surface area contributed by atoms with E-state index in [4.69, 9.17) is 4.74 Å². The Morgan fingerprint density at radius 1 is 1.26 bits per heavy atom. The van der Waals surface area contributed by atoms with E-state index in [1.807, 2.05) is 6.07 Å². The van der Waals surface area contributed by atoms with Crippen LogP contribution in [0.25, 0.3) is 0 Å². The van der Waals surface area contributed by atoms with Crippen molar-refractivity contribution in [2.75, 3.05) is 12.4 Å². The number of phenols is 1. The quantitative estimate of drug-likeness (QED) is 0.712. The molecule has 0 fully saturated rings. The number of para-hydroxylation sites is 1. The summed E-state index contributed by atoms with van der Waals surface area (Å²) in [5.41, 5.74) is 2.87. The number of hydrogen-bond donors (Lipinski definition) is 3. The molecule has 4 rings (SSSR count). The zero-order chi connectivity index (χ0) is 19.3. The van der Waals surface area contributed by atoms with Crippen LogP contribution in [-0.2, 0) is 12.8 Å². The van der Waals surface area contributed by atoms with E-state index in [-0.39, 0.29) is 17.1 Å². The molecule has 1 aliphatic heterocycles. The Bertz CT molecular complexity index is 898. The summed E-state index contributed by atoms with van der Waals surface area (Å²) in [5.74, 6) is 1.01. The Labute approximate surface area is 163 Å². The van der Waals surface area contributed by atoms with Gasteiger partial charge in [0.2, 0.25) is 0 Å². The van der Waals surface area contributed by atoms with Crippen LogP contribution in [0.3, 0.4) is 0 Å². The highest BCUT2D eigenvalue weighted by molar-refractivity contribution is 7.16. The van der Waals surface area contributed by atoms with Gasteiger partial charge in [-0.2, -0.15) is 0 Å². The van der Waals surface area contributed by atoms with E-state index >= 15 is 0 Å². The van der Waals surface area contributed by atoms with Gasteiger partial charge >= 0.3 is 0 Å². The second-order valence-electron chi connectivity index (χ2n) is 8.46. The molecule has 1 aliphatic carbocycles. The van der Waals surface area contributed by atoms with E-state index in [0.29, 0.717) is 17.2 Å². The van der Waals surface area contributed by atoms with Gasteiger partial charge in [-0.3, -0.25) is 4.79 Å². The number of rotatable bonds is 2. The molecule has 1 amide bonds. The molecule has 0 saturated carbocycles. The van der Waals surface area contributed by atoms with Crippen molar-refractivity contribution in [3.63, 3.8) is 0 Å². The van der Waals surface area contributed by atoms with Crippen molar-refractivity contribution in [1.29, 1.82) is 0 Å². The first-order chi connectivity index (χ1) is 12.8. The van der Waals surface area contributed by atoms with Crippen molar-refractivity contribution < 1.29 is 14.6 Å². The standard InChI is InChI=1S/C21H26N2O3S/c1-21(2,3)11-8-9-12-15(10-11)27-20-16(12)19(25)22-18(23-20)13-6-5-7-14(26-4)17(13)24/h5-7,11,18,23-24H,8-10H2,1-4H3,(H,22,25)/t11-,18+/m1/s1. The lowest BCUT2D eigenvalue weighted by Gasteiger charge is -2.34. The molecule has 5 nitrogen and oxygen atoms in total. The lowest BCUT2D eigenvalue weighted by molar-refractivity contribution is 0.0934. The van der Waals surface area contributed by atoms with Crippen molar-refractivity contribution in [2.24, 2.45) is 11.3 Å². The molecule has 2 heterocycles. The molecule has 0 spiro atoms. The van der Waals surface area contributed by atoms with Crippen molar-refractivity contribution in [3.8, 4) is 11.5 Å². The summed E-state index contributed by atoms with van der Waals surface area (Å²) in [6.45, 7) is 6.88. The maximum atomic E-state index is 12.9. The van der Waals surface area contributed by atoms with Gasteiger partial charge in [-0.15, -0.1) is 11.3 Å². The van der Waals surface area contributed by atoms with Gasteiger partial charge in [-0.1, -0.05) is 32.9 Å². The van der Waals surface area contributed by atoms with E-state index in [0.717, 1.165) is 29.8 Å². The monoisotopic (exact) mass is 386 g/mol. The highest BCUT2D eigenvalue weighted by Gasteiger charge is 2.37. The van der Waals surface area contributed by atoms with Crippen LogP contribution in [0, 0.1) is 11.3 Å². The van der Waals surface area contributed by atoms with Crippen LogP contribution in [0.1, 0.15) is 59.7 Å². The molecule has 0 bridgehead atoms. The summed E-state index contributed by atoms with van der Waals surface area (Å²) in [5, 5.41) is 17.8. The molecule has 27 heavy (non-hydrogen) atoms. The van der Waals surface area contributed by atoms with Gasteiger partial charge in [0.1, 0.15) is 11.2 Å². The first-order valence-corrected chi connectivity index (χ1v) is 10.2. The predicted molar refractivity (Wildman–Crippen MR) is 108 cm³/mol. The van der Waals surface area contributed by atoms with Gasteiger partial charge in [-0.05, 0) is 42.2 Å². The molecule has 1 aromatic carbocycles. The molecule has 6 heteroatoms. The zero-order valence-electron chi connectivity index (χ0n) is 16.2. The minimum atomic E-state index is -0.474. The number of anilines is 1. The number of nitrogens with one attached hydrogen (secondary N) is 2. The van der Waals surface area contributed by atoms with Gasteiger partial charge in [0.25, 0.3) is 5.91 Å². The summed E-state index contributed by atoms with van der Waals surface area (Å²) in [4.78, 5) is 14.2. The number of amides is 1. The lowest BCUT2D eigenvalue weighted by Crippen LogP contribution is -2.38. The zero-order valence-corrected chi connectivity index (χ0v) is 17.0. The van der Waals surface area contributed by atoms with Gasteiger partial charge in [0, 0.05) is 10.4 Å². The Hall–Kier alpha value is -2.21. The van der Waals surface area contributed by atoms with Crippen molar-refractivity contribution in [2.45, 2.75) is 46.2 Å². The molecular weight excluding hydrogens is 360 g/mol. The number of hydrogen-bond acceptors (Lipinski definition) is 5. The second kappa shape index (κ2) is 6.44. The van der Waals surface area contributed by atoms with Crippen LogP contribution >= 0.6 is 11.3 Å². The smallest absolute Gasteiger partial charge is 0.256 e. The Morgan fingerprint density at radius 2 is 2.04 bits per heavy atom. The van der Waals surface area contributed by atoms with Gasteiger partial charge in [0.05, 0.1) is 12.7 Å². The third-order valence-electron chi connectivity index (χ3n) is 5.83. The molecule has 0 saturated heterocycles. The first-order valence-electron chi connectivity index (χ1n) is 9.37. The van der Waals surface area contributed by atoms with Crippen LogP contribution in [0.4, 0.5) is 5.00 Å². The van der Waals surface area contributed by atoms with Gasteiger partial charge in [0.15, 0.2) is 11.5 Å². The number of benzene rings is 1. The fraction of sp³-hybridized carbons (Fsp3) is 0.476. The van der Waals surface area contributed by atoms with Gasteiger partial charge < -0.3 is 20.5 Å². The lowest BCUT2D eigenvalue weighted by atomic mass is 9.72. The van der Waals surface area contributed by atoms with Crippen LogP contribution < -0.4 is 15.4 Å². The molecule has 2 aromatic rings. The topological polar surface area (TPSA) is 70.6 Å². The number of ether oxygens (including phenoxy) is 1. The normalized spacial score (nSPS) is 21.7. The SMILES string of the molecule is COc1cccc([C@H]2NC(=O)c3c(sc4c3CC[C@@H](C(C)(C)C)C4)N2)c1O. The van der Waals surface area contributed by atoms with E-state index < -0.39 is 6.17 Å². The van der Waals surface area contributed by atoms with Crippen molar-refractivity contribution >= 4 is 22.2 Å². The van der Waals surface area contributed by atoms with E-state index in [1.54, 1.807) is 23.5 Å². The number of fused-ring (bicyclic) bond motifs is 3. The van der Waals surface area contributed by atoms with Crippen molar-refractivity contribution in [1.82, 2.24) is 5.32 Å². The molecule has 0 radical (unpaired) electrons. The summed E-state index contributed by atoms with van der Waals surface area (Å²) < 4.78 is 5.19. The Morgan fingerprint density at radius 3 is 2.74 bits per heavy atom. The van der Waals surface area contributed by atoms with E-state index in [9.17, 15) is 9.90 Å². The summed E-state index contributed by atoms with van der Waals surface area (Å²) >= 11 is 1.69. The maximum absolute atomic E-state index is 12.9. The maximum Gasteiger partial charge on any atom is 0.256 e. The largest absolute Gasteiger partial charge is 0.504 e. The molecule has 3 N–H and O–H groups in total. The number of carbonyl (C=O) groups excluding carboxylic acids is 1. The van der Waals surface area contributed by atoms with E-state index in [2.05, 4.69) is 31.4 Å². The molecular formula is C21H26N2O3S. The van der Waals surface area contributed by atoms with Crippen molar-refractivity contribution in [3.05, 3.63) is 39.8 Å². The third-order valence-corrected chi connectivity index (χ3v) is 7.01. The molecule has 1 aromatic heterocycles. The van der Waals surface area contributed by atoms with Crippen LogP contribution in [0.15, 0.2) is 18.2 Å². The highest BCUT2D eigenvalue weighted by atomic mass is 32.1. The average Bonchev–Trinajstić information content (AvgIpc) is 2.99. The predicted octanol–water partition coefficient (Wildman–Crippen LogP) is 4.47.